The Morgan fingerprint density at radius 2 is 2.00 bits per heavy atom. The van der Waals surface area contributed by atoms with Crippen molar-refractivity contribution in [3.63, 3.8) is 0 Å². The maximum Gasteiger partial charge on any atom is 0.136 e. The lowest BCUT2D eigenvalue weighted by Gasteiger charge is -2.34. The van der Waals surface area contributed by atoms with E-state index in [4.69, 9.17) is 11.6 Å². The molecule has 1 heterocycles. The highest BCUT2D eigenvalue weighted by Gasteiger charge is 2.32. The molecule has 1 aliphatic rings. The molecule has 0 aliphatic carbocycles. The van der Waals surface area contributed by atoms with Gasteiger partial charge in [0.25, 0.3) is 0 Å². The molecule has 1 aromatic carbocycles. The predicted molar refractivity (Wildman–Crippen MR) is 61.0 cm³/mol. The Labute approximate surface area is 94.6 Å². The number of hydrogen-bond acceptors (Lipinski definition) is 2. The van der Waals surface area contributed by atoms with E-state index in [9.17, 15) is 4.79 Å². The van der Waals surface area contributed by atoms with Gasteiger partial charge < -0.3 is 5.32 Å². The van der Waals surface area contributed by atoms with Crippen molar-refractivity contribution < 1.29 is 4.79 Å². The number of nitrogens with one attached hydrogen (secondary N) is 1. The van der Waals surface area contributed by atoms with Gasteiger partial charge in [-0.2, -0.15) is 0 Å². The lowest BCUT2D eigenvalue weighted by molar-refractivity contribution is -0.122. The summed E-state index contributed by atoms with van der Waals surface area (Å²) in [7, 11) is 0. The molecular weight excluding hydrogens is 210 g/mol. The van der Waals surface area contributed by atoms with E-state index in [1.807, 2.05) is 24.3 Å². The molecule has 0 spiro atoms. The van der Waals surface area contributed by atoms with Crippen LogP contribution in [0, 0.1) is 0 Å². The summed E-state index contributed by atoms with van der Waals surface area (Å²) in [6.45, 7) is 2.82. The fourth-order valence-corrected chi connectivity index (χ4v) is 2.17. The second kappa shape index (κ2) is 3.95. The summed E-state index contributed by atoms with van der Waals surface area (Å²) in [5.74, 6) is 0.325. The topological polar surface area (TPSA) is 29.1 Å². The third kappa shape index (κ3) is 2.21. The van der Waals surface area contributed by atoms with Gasteiger partial charge in [-0.15, -0.1) is 0 Å². The standard InChI is InChI=1S/C12H14ClNO/c1-12(8-11(15)6-7-14-12)9-2-4-10(13)5-3-9/h2-5,14H,6-8H2,1H3. The smallest absolute Gasteiger partial charge is 0.136 e. The van der Waals surface area contributed by atoms with Crippen molar-refractivity contribution in [2.75, 3.05) is 6.54 Å². The van der Waals surface area contributed by atoms with Gasteiger partial charge in [-0.1, -0.05) is 23.7 Å². The van der Waals surface area contributed by atoms with Crippen LogP contribution in [0.25, 0.3) is 0 Å². The Kier molecular flexibility index (Phi) is 2.81. The van der Waals surface area contributed by atoms with E-state index < -0.39 is 0 Å². The van der Waals surface area contributed by atoms with Crippen molar-refractivity contribution in [1.29, 1.82) is 0 Å². The molecule has 15 heavy (non-hydrogen) atoms. The van der Waals surface area contributed by atoms with Crippen LogP contribution in [0.15, 0.2) is 24.3 Å². The second-order valence-corrected chi connectivity index (χ2v) is 4.67. The number of halogens is 1. The SMILES string of the molecule is CC1(c2ccc(Cl)cc2)CC(=O)CCN1. The van der Waals surface area contributed by atoms with Crippen molar-refractivity contribution in [3.05, 3.63) is 34.9 Å². The molecule has 1 aliphatic heterocycles. The first kappa shape index (κ1) is 10.7. The summed E-state index contributed by atoms with van der Waals surface area (Å²) < 4.78 is 0. The number of ketones is 1. The third-order valence-corrected chi connectivity index (χ3v) is 3.20. The molecule has 1 N–H and O–H groups in total. The minimum atomic E-state index is -0.222. The van der Waals surface area contributed by atoms with E-state index >= 15 is 0 Å². The summed E-state index contributed by atoms with van der Waals surface area (Å²) in [6, 6.07) is 7.69. The first-order chi connectivity index (χ1) is 7.10. The van der Waals surface area contributed by atoms with Crippen molar-refractivity contribution >= 4 is 17.4 Å². The van der Waals surface area contributed by atoms with Gasteiger partial charge in [-0.25, -0.2) is 0 Å². The van der Waals surface area contributed by atoms with Gasteiger partial charge in [-0.05, 0) is 24.6 Å². The number of carbonyl (C=O) groups excluding carboxylic acids is 1. The normalized spacial score (nSPS) is 26.7. The molecule has 1 saturated heterocycles. The summed E-state index contributed by atoms with van der Waals surface area (Å²) in [5, 5.41) is 4.12. The van der Waals surface area contributed by atoms with Crippen LogP contribution in [-0.2, 0) is 10.3 Å². The lowest BCUT2D eigenvalue weighted by Crippen LogP contribution is -2.46. The molecule has 0 bridgehead atoms. The summed E-state index contributed by atoms with van der Waals surface area (Å²) in [4.78, 5) is 11.5. The Morgan fingerprint density at radius 3 is 2.60 bits per heavy atom. The van der Waals surface area contributed by atoms with Crippen LogP contribution in [0.3, 0.4) is 0 Å². The first-order valence-corrected chi connectivity index (χ1v) is 5.51. The van der Waals surface area contributed by atoms with E-state index in [0.29, 0.717) is 18.6 Å². The monoisotopic (exact) mass is 223 g/mol. The fourth-order valence-electron chi connectivity index (χ4n) is 2.04. The Hall–Kier alpha value is -0.860. The highest BCUT2D eigenvalue weighted by Crippen LogP contribution is 2.28. The molecule has 1 unspecified atom stereocenters. The molecular formula is C12H14ClNO. The molecule has 0 aromatic heterocycles. The molecule has 1 atom stereocenters. The molecule has 1 aromatic rings. The van der Waals surface area contributed by atoms with Gasteiger partial charge >= 0.3 is 0 Å². The van der Waals surface area contributed by atoms with Gasteiger partial charge in [0, 0.05) is 29.9 Å². The Morgan fingerprint density at radius 1 is 1.33 bits per heavy atom. The Balaban J connectivity index is 2.28. The predicted octanol–water partition coefficient (Wildman–Crippen LogP) is 2.51. The number of rotatable bonds is 1. The fraction of sp³-hybridized carbons (Fsp3) is 0.417. The highest BCUT2D eigenvalue weighted by molar-refractivity contribution is 6.30. The Bertz CT molecular complexity index is 374. The molecule has 0 amide bonds. The van der Waals surface area contributed by atoms with Crippen molar-refractivity contribution in [2.45, 2.75) is 25.3 Å². The zero-order valence-electron chi connectivity index (χ0n) is 8.72. The number of piperidine rings is 1. The summed E-state index contributed by atoms with van der Waals surface area (Å²) >= 11 is 5.84. The third-order valence-electron chi connectivity index (χ3n) is 2.95. The molecule has 3 heteroatoms. The van der Waals surface area contributed by atoms with Gasteiger partial charge in [0.2, 0.25) is 0 Å². The summed E-state index contributed by atoms with van der Waals surface area (Å²) in [6.07, 6.45) is 1.21. The van der Waals surface area contributed by atoms with Crippen LogP contribution < -0.4 is 5.32 Å². The van der Waals surface area contributed by atoms with Crippen LogP contribution in [-0.4, -0.2) is 12.3 Å². The van der Waals surface area contributed by atoms with Gasteiger partial charge in [0.05, 0.1) is 0 Å². The first-order valence-electron chi connectivity index (χ1n) is 5.13. The van der Waals surface area contributed by atoms with Crippen LogP contribution in [0.2, 0.25) is 5.02 Å². The van der Waals surface area contributed by atoms with Gasteiger partial charge in [0.15, 0.2) is 0 Å². The van der Waals surface area contributed by atoms with E-state index in [0.717, 1.165) is 17.1 Å². The van der Waals surface area contributed by atoms with E-state index in [-0.39, 0.29) is 5.54 Å². The number of Topliss-reactive ketones (excluding diaryl/α,β-unsaturated/α-hetero) is 1. The number of benzene rings is 1. The quantitative estimate of drug-likeness (QED) is 0.793. The molecule has 2 nitrogen and oxygen atoms in total. The van der Waals surface area contributed by atoms with Gasteiger partial charge in [-0.3, -0.25) is 4.79 Å². The van der Waals surface area contributed by atoms with Crippen LogP contribution in [0.1, 0.15) is 25.3 Å². The van der Waals surface area contributed by atoms with Crippen LogP contribution in [0.5, 0.6) is 0 Å². The van der Waals surface area contributed by atoms with E-state index in [1.54, 1.807) is 0 Å². The zero-order chi connectivity index (χ0) is 10.9. The average molecular weight is 224 g/mol. The van der Waals surface area contributed by atoms with Crippen molar-refractivity contribution in [1.82, 2.24) is 5.32 Å². The van der Waals surface area contributed by atoms with E-state index in [1.165, 1.54) is 0 Å². The highest BCUT2D eigenvalue weighted by atomic mass is 35.5. The largest absolute Gasteiger partial charge is 0.307 e. The minimum Gasteiger partial charge on any atom is -0.307 e. The number of hydrogen-bond donors (Lipinski definition) is 1. The molecule has 0 radical (unpaired) electrons. The van der Waals surface area contributed by atoms with E-state index in [2.05, 4.69) is 12.2 Å². The molecule has 0 saturated carbocycles. The molecule has 2 rings (SSSR count). The summed E-state index contributed by atoms with van der Waals surface area (Å²) in [5.41, 5.74) is 0.903. The van der Waals surface area contributed by atoms with Crippen LogP contribution in [0.4, 0.5) is 0 Å². The lowest BCUT2D eigenvalue weighted by atomic mass is 9.83. The minimum absolute atomic E-state index is 0.222. The number of carbonyl (C=O) groups is 1. The zero-order valence-corrected chi connectivity index (χ0v) is 9.47. The second-order valence-electron chi connectivity index (χ2n) is 4.23. The maximum absolute atomic E-state index is 11.5. The van der Waals surface area contributed by atoms with Gasteiger partial charge in [0.1, 0.15) is 5.78 Å². The van der Waals surface area contributed by atoms with Crippen LogP contribution >= 0.6 is 11.6 Å². The molecule has 80 valence electrons. The molecule has 1 fully saturated rings. The van der Waals surface area contributed by atoms with Crippen molar-refractivity contribution in [3.8, 4) is 0 Å². The van der Waals surface area contributed by atoms with Crippen molar-refractivity contribution in [2.24, 2.45) is 0 Å². The average Bonchev–Trinajstić information content (AvgIpc) is 2.18. The maximum atomic E-state index is 11.5.